The van der Waals surface area contributed by atoms with Crippen molar-refractivity contribution in [1.82, 2.24) is 24.7 Å². The molecule has 0 aliphatic rings. The Bertz CT molecular complexity index is 590. The van der Waals surface area contributed by atoms with Gasteiger partial charge >= 0.3 is 0 Å². The van der Waals surface area contributed by atoms with E-state index in [2.05, 4.69) is 75.2 Å². The molecule has 2 heterocycles. The molecule has 0 aromatic carbocycles. The lowest BCUT2D eigenvalue weighted by atomic mass is 10.0. The summed E-state index contributed by atoms with van der Waals surface area (Å²) in [6.07, 6.45) is 1.86. The van der Waals surface area contributed by atoms with E-state index in [1.165, 1.54) is 16.4 Å². The van der Waals surface area contributed by atoms with Gasteiger partial charge in [-0.05, 0) is 53.8 Å². The van der Waals surface area contributed by atoms with Crippen LogP contribution < -0.4 is 5.32 Å². The van der Waals surface area contributed by atoms with Gasteiger partial charge in [-0.1, -0.05) is 25.3 Å². The van der Waals surface area contributed by atoms with Crippen LogP contribution in [0.25, 0.3) is 0 Å². The Kier molecular flexibility index (Phi) is 5.51. The zero-order valence-electron chi connectivity index (χ0n) is 13.1. The third-order valence-electron chi connectivity index (χ3n) is 3.31. The first-order valence-corrected chi connectivity index (χ1v) is 8.82. The summed E-state index contributed by atoms with van der Waals surface area (Å²) >= 11 is 5.11. The lowest BCUT2D eigenvalue weighted by molar-refractivity contribution is 0.475. The molecule has 5 nitrogen and oxygen atoms in total. The van der Waals surface area contributed by atoms with Gasteiger partial charge in [0.05, 0.1) is 33.0 Å². The molecule has 1 unspecified atom stereocenters. The number of nitrogens with zero attached hydrogens (tertiary/aromatic N) is 4. The Labute approximate surface area is 138 Å². The van der Waals surface area contributed by atoms with Crippen molar-refractivity contribution >= 4 is 27.5 Å². The predicted octanol–water partition coefficient (Wildman–Crippen LogP) is 3.90. The summed E-state index contributed by atoms with van der Waals surface area (Å²) in [4.78, 5) is 1.18. The SMILES string of the molecule is CCNC(c1snnc1C(C)C)c1c(Br)cnn1C(C)C. The van der Waals surface area contributed by atoms with Crippen LogP contribution in [0.15, 0.2) is 10.7 Å². The van der Waals surface area contributed by atoms with Gasteiger partial charge in [-0.15, -0.1) is 5.10 Å². The highest BCUT2D eigenvalue weighted by Gasteiger charge is 2.27. The molecule has 2 rings (SSSR count). The van der Waals surface area contributed by atoms with Gasteiger partial charge in [0.25, 0.3) is 0 Å². The average molecular weight is 372 g/mol. The molecule has 0 saturated carbocycles. The number of rotatable bonds is 6. The maximum absolute atomic E-state index is 4.50. The first-order chi connectivity index (χ1) is 9.97. The van der Waals surface area contributed by atoms with Gasteiger partial charge in [0.1, 0.15) is 0 Å². The van der Waals surface area contributed by atoms with Gasteiger partial charge in [0.15, 0.2) is 0 Å². The van der Waals surface area contributed by atoms with Crippen LogP contribution in [0, 0.1) is 0 Å². The summed E-state index contributed by atoms with van der Waals surface area (Å²) in [5.41, 5.74) is 2.20. The van der Waals surface area contributed by atoms with Crippen LogP contribution in [0.4, 0.5) is 0 Å². The van der Waals surface area contributed by atoms with Crippen molar-refractivity contribution in [2.75, 3.05) is 6.54 Å². The van der Waals surface area contributed by atoms with Crippen molar-refractivity contribution in [3.63, 3.8) is 0 Å². The third-order valence-corrected chi connectivity index (χ3v) is 4.72. The Balaban J connectivity index is 2.54. The van der Waals surface area contributed by atoms with E-state index in [-0.39, 0.29) is 6.04 Å². The molecule has 0 fully saturated rings. The molecule has 2 aromatic rings. The maximum Gasteiger partial charge on any atom is 0.0888 e. The number of hydrogen-bond acceptors (Lipinski definition) is 5. The highest BCUT2D eigenvalue weighted by molar-refractivity contribution is 9.10. The van der Waals surface area contributed by atoms with Crippen LogP contribution >= 0.6 is 27.5 Å². The molecule has 0 bridgehead atoms. The monoisotopic (exact) mass is 371 g/mol. The van der Waals surface area contributed by atoms with Gasteiger partial charge in [0, 0.05) is 6.04 Å². The number of aromatic nitrogens is 4. The molecule has 0 spiro atoms. The van der Waals surface area contributed by atoms with Crippen molar-refractivity contribution in [1.29, 1.82) is 0 Å². The largest absolute Gasteiger partial charge is 0.304 e. The van der Waals surface area contributed by atoms with Crippen LogP contribution in [-0.4, -0.2) is 25.9 Å². The molecular formula is C14H22BrN5S. The maximum atomic E-state index is 4.50. The summed E-state index contributed by atoms with van der Waals surface area (Å²) in [7, 11) is 0. The summed E-state index contributed by atoms with van der Waals surface area (Å²) in [5.74, 6) is 0.356. The summed E-state index contributed by atoms with van der Waals surface area (Å²) in [5, 5.41) is 12.4. The fourth-order valence-electron chi connectivity index (χ4n) is 2.35. The van der Waals surface area contributed by atoms with Crippen LogP contribution in [-0.2, 0) is 0 Å². The smallest absolute Gasteiger partial charge is 0.0888 e. The minimum atomic E-state index is 0.0617. The van der Waals surface area contributed by atoms with Crippen LogP contribution in [0.3, 0.4) is 0 Å². The molecule has 0 aliphatic heterocycles. The topological polar surface area (TPSA) is 55.6 Å². The minimum absolute atomic E-state index is 0.0617. The summed E-state index contributed by atoms with van der Waals surface area (Å²) < 4.78 is 7.24. The Morgan fingerprint density at radius 2 is 2.05 bits per heavy atom. The standard InChI is InChI=1S/C14H22BrN5S/c1-6-16-12(14-11(8(2)3)18-19-21-14)13-10(15)7-17-20(13)9(4)5/h7-9,12,16H,6H2,1-5H3. The van der Waals surface area contributed by atoms with Gasteiger partial charge < -0.3 is 5.32 Å². The Morgan fingerprint density at radius 1 is 1.33 bits per heavy atom. The second-order valence-corrected chi connectivity index (χ2v) is 7.22. The zero-order chi connectivity index (χ0) is 15.6. The minimum Gasteiger partial charge on any atom is -0.304 e. The summed E-state index contributed by atoms with van der Waals surface area (Å²) in [6.45, 7) is 11.6. The number of halogens is 1. The van der Waals surface area contributed by atoms with Crippen LogP contribution in [0.2, 0.25) is 0 Å². The Morgan fingerprint density at radius 3 is 2.62 bits per heavy atom. The molecule has 0 saturated heterocycles. The quantitative estimate of drug-likeness (QED) is 0.836. The molecule has 0 aliphatic carbocycles. The molecule has 0 radical (unpaired) electrons. The van der Waals surface area contributed by atoms with Crippen molar-refractivity contribution in [2.45, 2.75) is 52.6 Å². The molecule has 2 aromatic heterocycles. The van der Waals surface area contributed by atoms with E-state index < -0.39 is 0 Å². The van der Waals surface area contributed by atoms with E-state index in [4.69, 9.17) is 0 Å². The number of nitrogens with one attached hydrogen (secondary N) is 1. The molecule has 1 N–H and O–H groups in total. The Hall–Kier alpha value is -0.790. The molecule has 7 heteroatoms. The lowest BCUT2D eigenvalue weighted by Crippen LogP contribution is -2.26. The van der Waals surface area contributed by atoms with Gasteiger partial charge in [0.2, 0.25) is 0 Å². The van der Waals surface area contributed by atoms with E-state index in [0.717, 1.165) is 22.4 Å². The highest BCUT2D eigenvalue weighted by atomic mass is 79.9. The van der Waals surface area contributed by atoms with Gasteiger partial charge in [-0.25, -0.2) is 0 Å². The van der Waals surface area contributed by atoms with E-state index in [9.17, 15) is 0 Å². The molecule has 0 amide bonds. The molecular weight excluding hydrogens is 350 g/mol. The predicted molar refractivity (Wildman–Crippen MR) is 89.8 cm³/mol. The third kappa shape index (κ3) is 3.35. The highest BCUT2D eigenvalue weighted by Crippen LogP contribution is 2.35. The first-order valence-electron chi connectivity index (χ1n) is 7.25. The van der Waals surface area contributed by atoms with Crippen molar-refractivity contribution in [3.8, 4) is 0 Å². The average Bonchev–Trinajstić information content (AvgIpc) is 3.02. The second-order valence-electron chi connectivity index (χ2n) is 5.58. The lowest BCUT2D eigenvalue weighted by Gasteiger charge is -2.22. The van der Waals surface area contributed by atoms with Crippen molar-refractivity contribution < 1.29 is 0 Å². The molecule has 21 heavy (non-hydrogen) atoms. The van der Waals surface area contributed by atoms with E-state index in [1.54, 1.807) is 0 Å². The van der Waals surface area contributed by atoms with Crippen LogP contribution in [0.1, 0.15) is 68.9 Å². The second kappa shape index (κ2) is 6.98. The van der Waals surface area contributed by atoms with Gasteiger partial charge in [-0.2, -0.15) is 5.10 Å². The molecule has 116 valence electrons. The fraction of sp³-hybridized carbons (Fsp3) is 0.643. The first kappa shape index (κ1) is 16.6. The molecule has 1 atom stereocenters. The van der Waals surface area contributed by atoms with E-state index in [1.807, 2.05) is 6.20 Å². The van der Waals surface area contributed by atoms with Crippen molar-refractivity contribution in [2.24, 2.45) is 0 Å². The van der Waals surface area contributed by atoms with Gasteiger partial charge in [-0.3, -0.25) is 4.68 Å². The fourth-order valence-corrected chi connectivity index (χ4v) is 3.74. The normalized spacial score (nSPS) is 13.3. The zero-order valence-corrected chi connectivity index (χ0v) is 15.5. The van der Waals surface area contributed by atoms with Crippen LogP contribution in [0.5, 0.6) is 0 Å². The van der Waals surface area contributed by atoms with E-state index >= 15 is 0 Å². The van der Waals surface area contributed by atoms with E-state index in [0.29, 0.717) is 12.0 Å². The van der Waals surface area contributed by atoms with Crippen molar-refractivity contribution in [3.05, 3.63) is 26.9 Å². The number of hydrogen-bond donors (Lipinski definition) is 1. The summed E-state index contributed by atoms with van der Waals surface area (Å²) in [6, 6.07) is 0.363.